The van der Waals surface area contributed by atoms with Gasteiger partial charge in [0.2, 0.25) is 6.79 Å². The van der Waals surface area contributed by atoms with Crippen molar-refractivity contribution < 1.29 is 28.6 Å². The molecule has 2 aliphatic heterocycles. The summed E-state index contributed by atoms with van der Waals surface area (Å²) in [4.78, 5) is 37.1. The number of hydrogen-bond acceptors (Lipinski definition) is 6. The van der Waals surface area contributed by atoms with Gasteiger partial charge in [-0.15, -0.1) is 0 Å². The van der Waals surface area contributed by atoms with Crippen LogP contribution in [-0.4, -0.2) is 36.2 Å². The Labute approximate surface area is 148 Å². The normalized spacial score (nSPS) is 14.8. The van der Waals surface area contributed by atoms with Crippen molar-refractivity contribution in [2.75, 3.05) is 13.5 Å². The lowest BCUT2D eigenvalue weighted by atomic mass is 10.1. The van der Waals surface area contributed by atoms with Crippen molar-refractivity contribution in [3.05, 3.63) is 65.2 Å². The average molecular weight is 351 g/mol. The largest absolute Gasteiger partial charge is 0.454 e. The molecule has 2 aliphatic rings. The smallest absolute Gasteiger partial charge is 0.332 e. The van der Waals surface area contributed by atoms with Gasteiger partial charge in [0.05, 0.1) is 11.1 Å². The number of esters is 1. The van der Waals surface area contributed by atoms with E-state index in [9.17, 15) is 14.4 Å². The van der Waals surface area contributed by atoms with Crippen LogP contribution in [0.4, 0.5) is 0 Å². The molecule has 0 fully saturated rings. The second kappa shape index (κ2) is 6.36. The maximum Gasteiger partial charge on any atom is 0.332 e. The Hall–Kier alpha value is -3.61. The minimum absolute atomic E-state index is 0.171. The van der Waals surface area contributed by atoms with E-state index in [2.05, 4.69) is 0 Å². The van der Waals surface area contributed by atoms with Crippen molar-refractivity contribution in [1.29, 1.82) is 0 Å². The predicted molar refractivity (Wildman–Crippen MR) is 89.5 cm³/mol. The van der Waals surface area contributed by atoms with E-state index in [-0.39, 0.29) is 6.79 Å². The van der Waals surface area contributed by atoms with Crippen molar-refractivity contribution >= 4 is 23.9 Å². The molecule has 0 N–H and O–H groups in total. The van der Waals surface area contributed by atoms with Gasteiger partial charge >= 0.3 is 5.97 Å². The Kier molecular flexibility index (Phi) is 3.89. The summed E-state index contributed by atoms with van der Waals surface area (Å²) in [6, 6.07) is 11.7. The van der Waals surface area contributed by atoms with Crippen LogP contribution in [0.25, 0.3) is 6.08 Å². The van der Waals surface area contributed by atoms with Crippen LogP contribution >= 0.6 is 0 Å². The number of hydrogen-bond donors (Lipinski definition) is 0. The maximum absolute atomic E-state index is 12.2. The first kappa shape index (κ1) is 15.9. The van der Waals surface area contributed by atoms with Crippen LogP contribution in [0.15, 0.2) is 48.5 Å². The third-order valence-corrected chi connectivity index (χ3v) is 4.02. The zero-order chi connectivity index (χ0) is 18.1. The van der Waals surface area contributed by atoms with Gasteiger partial charge in [0.15, 0.2) is 18.2 Å². The zero-order valence-corrected chi connectivity index (χ0v) is 13.5. The minimum Gasteiger partial charge on any atom is -0.454 e. The molecule has 0 saturated heterocycles. The van der Waals surface area contributed by atoms with E-state index >= 15 is 0 Å². The molecule has 0 radical (unpaired) electrons. The highest BCUT2D eigenvalue weighted by atomic mass is 16.7. The van der Waals surface area contributed by atoms with Crippen molar-refractivity contribution in [3.63, 3.8) is 0 Å². The topological polar surface area (TPSA) is 82.1 Å². The van der Waals surface area contributed by atoms with Gasteiger partial charge in [-0.25, -0.2) is 9.69 Å². The summed E-state index contributed by atoms with van der Waals surface area (Å²) in [5.74, 6) is -0.364. The van der Waals surface area contributed by atoms with Gasteiger partial charge in [0.1, 0.15) is 0 Å². The fourth-order valence-electron chi connectivity index (χ4n) is 2.71. The van der Waals surface area contributed by atoms with Gasteiger partial charge in [-0.05, 0) is 35.9 Å². The standard InChI is InChI=1S/C19H13NO6/c21-17(8-6-12-5-7-15-16(9-12)26-11-25-15)24-10-20-18(22)13-3-1-2-4-14(13)19(20)23/h1-9H,10-11H2. The van der Waals surface area contributed by atoms with Gasteiger partial charge in [-0.3, -0.25) is 9.59 Å². The molecule has 2 heterocycles. The molecule has 0 atom stereocenters. The molecule has 0 saturated carbocycles. The Morgan fingerprint density at radius 1 is 1.04 bits per heavy atom. The number of rotatable bonds is 4. The molecule has 7 nitrogen and oxygen atoms in total. The lowest BCUT2D eigenvalue weighted by molar-refractivity contribution is -0.140. The lowest BCUT2D eigenvalue weighted by Crippen LogP contribution is -2.32. The lowest BCUT2D eigenvalue weighted by Gasteiger charge is -2.12. The molecule has 0 spiro atoms. The van der Waals surface area contributed by atoms with Crippen molar-refractivity contribution in [2.24, 2.45) is 0 Å². The van der Waals surface area contributed by atoms with Crippen molar-refractivity contribution in [3.8, 4) is 11.5 Å². The van der Waals surface area contributed by atoms with Crippen LogP contribution < -0.4 is 9.47 Å². The first-order valence-corrected chi connectivity index (χ1v) is 7.83. The summed E-state index contributed by atoms with van der Waals surface area (Å²) < 4.78 is 15.5. The zero-order valence-electron chi connectivity index (χ0n) is 13.5. The van der Waals surface area contributed by atoms with Crippen LogP contribution in [0.2, 0.25) is 0 Å². The number of nitrogens with zero attached hydrogens (tertiary/aromatic N) is 1. The summed E-state index contributed by atoms with van der Waals surface area (Å²) in [5.41, 5.74) is 1.35. The van der Waals surface area contributed by atoms with Crippen LogP contribution in [0.1, 0.15) is 26.3 Å². The summed E-state index contributed by atoms with van der Waals surface area (Å²) >= 11 is 0. The number of benzene rings is 2. The van der Waals surface area contributed by atoms with Gasteiger partial charge in [-0.1, -0.05) is 18.2 Å². The highest BCUT2D eigenvalue weighted by molar-refractivity contribution is 6.21. The number of ether oxygens (including phenoxy) is 3. The molecule has 0 aromatic heterocycles. The predicted octanol–water partition coefficient (Wildman–Crippen LogP) is 2.23. The molecular weight excluding hydrogens is 338 g/mol. The van der Waals surface area contributed by atoms with Crippen LogP contribution in [0.5, 0.6) is 11.5 Å². The number of imide groups is 1. The van der Waals surface area contributed by atoms with E-state index in [0.717, 1.165) is 10.5 Å². The van der Waals surface area contributed by atoms with E-state index in [1.165, 1.54) is 6.08 Å². The Morgan fingerprint density at radius 2 is 1.73 bits per heavy atom. The van der Waals surface area contributed by atoms with Crippen LogP contribution in [0.3, 0.4) is 0 Å². The third-order valence-electron chi connectivity index (χ3n) is 4.02. The molecular formula is C19H13NO6. The second-order valence-corrected chi connectivity index (χ2v) is 5.62. The summed E-state index contributed by atoms with van der Waals surface area (Å²) in [5, 5.41) is 0. The van der Waals surface area contributed by atoms with E-state index < -0.39 is 24.5 Å². The van der Waals surface area contributed by atoms with Gasteiger partial charge in [0.25, 0.3) is 11.8 Å². The molecule has 2 amide bonds. The van der Waals surface area contributed by atoms with Crippen molar-refractivity contribution in [1.82, 2.24) is 4.90 Å². The highest BCUT2D eigenvalue weighted by Crippen LogP contribution is 2.32. The van der Waals surface area contributed by atoms with Crippen LogP contribution in [-0.2, 0) is 9.53 Å². The monoisotopic (exact) mass is 351 g/mol. The average Bonchev–Trinajstić information content (AvgIpc) is 3.22. The number of amides is 2. The molecule has 2 aromatic carbocycles. The molecule has 2 aromatic rings. The Morgan fingerprint density at radius 3 is 2.46 bits per heavy atom. The van der Waals surface area contributed by atoms with Gasteiger partial charge in [-0.2, -0.15) is 0 Å². The quantitative estimate of drug-likeness (QED) is 0.477. The first-order valence-electron chi connectivity index (χ1n) is 7.83. The summed E-state index contributed by atoms with van der Waals surface area (Å²) in [7, 11) is 0. The molecule has 0 aliphatic carbocycles. The van der Waals surface area contributed by atoms with E-state index in [1.54, 1.807) is 48.5 Å². The highest BCUT2D eigenvalue weighted by Gasteiger charge is 2.35. The number of fused-ring (bicyclic) bond motifs is 2. The van der Waals surface area contributed by atoms with Crippen molar-refractivity contribution in [2.45, 2.75) is 0 Å². The minimum atomic E-state index is -0.667. The van der Waals surface area contributed by atoms with Gasteiger partial charge < -0.3 is 14.2 Å². The fourth-order valence-corrected chi connectivity index (χ4v) is 2.71. The second-order valence-electron chi connectivity index (χ2n) is 5.62. The molecule has 4 rings (SSSR count). The summed E-state index contributed by atoms with van der Waals surface area (Å²) in [6.45, 7) is -0.262. The Bertz CT molecular complexity index is 914. The molecule has 7 heteroatoms. The summed E-state index contributed by atoms with van der Waals surface area (Å²) in [6.07, 6.45) is 2.77. The first-order chi connectivity index (χ1) is 12.6. The SMILES string of the molecule is O=C(C=Cc1ccc2c(c1)OCO2)OCN1C(=O)c2ccccc2C1=O. The fraction of sp³-hybridized carbons (Fsp3) is 0.105. The number of carbonyl (C=O) groups is 3. The molecule has 130 valence electrons. The molecule has 26 heavy (non-hydrogen) atoms. The third kappa shape index (κ3) is 2.79. The van der Waals surface area contributed by atoms with E-state index in [0.29, 0.717) is 22.6 Å². The Balaban J connectivity index is 1.37. The maximum atomic E-state index is 12.2. The molecule has 0 bridgehead atoms. The van der Waals surface area contributed by atoms with E-state index in [4.69, 9.17) is 14.2 Å². The molecule has 0 unspecified atom stereocenters. The van der Waals surface area contributed by atoms with E-state index in [1.807, 2.05) is 0 Å². The van der Waals surface area contributed by atoms with Crippen LogP contribution in [0, 0.1) is 0 Å². The van der Waals surface area contributed by atoms with Gasteiger partial charge in [0, 0.05) is 6.08 Å². The number of carbonyl (C=O) groups excluding carboxylic acids is 3.